The molecule has 1 rings (SSSR count). The number of hydrogen-bond acceptors (Lipinski definition) is 2. The van der Waals surface area contributed by atoms with Crippen LogP contribution in [0.5, 0.6) is 0 Å². The van der Waals surface area contributed by atoms with Crippen molar-refractivity contribution in [2.45, 2.75) is 46.6 Å². The summed E-state index contributed by atoms with van der Waals surface area (Å²) in [4.78, 5) is 2.43. The maximum atomic E-state index is 6.44. The molecule has 1 unspecified atom stereocenters. The summed E-state index contributed by atoms with van der Waals surface area (Å²) >= 11 is 6.44. The molecule has 2 nitrogen and oxygen atoms in total. The average Bonchev–Trinajstić information content (AvgIpc) is 2.47. The molecule has 0 saturated carbocycles. The van der Waals surface area contributed by atoms with Crippen molar-refractivity contribution in [1.29, 1.82) is 0 Å². The number of benzene rings is 1. The molecule has 1 N–H and O–H groups in total. The smallest absolute Gasteiger partial charge is 0.0474 e. The first-order valence-corrected chi connectivity index (χ1v) is 8.16. The summed E-state index contributed by atoms with van der Waals surface area (Å²) in [5, 5.41) is 4.09. The fourth-order valence-corrected chi connectivity index (χ4v) is 2.83. The summed E-state index contributed by atoms with van der Waals surface area (Å²) in [6, 6.07) is 6.73. The molecule has 1 atom stereocenters. The van der Waals surface area contributed by atoms with Crippen LogP contribution in [0.25, 0.3) is 0 Å². The average molecular weight is 297 g/mol. The van der Waals surface area contributed by atoms with E-state index in [0.29, 0.717) is 0 Å². The quantitative estimate of drug-likeness (QED) is 0.735. The Morgan fingerprint density at radius 2 is 1.85 bits per heavy atom. The Bertz CT molecular complexity index is 402. The lowest BCUT2D eigenvalue weighted by Crippen LogP contribution is -2.29. The molecule has 0 saturated heterocycles. The fourth-order valence-electron chi connectivity index (χ4n) is 2.50. The molecule has 1 aromatic rings. The molecule has 0 bridgehead atoms. The molecular formula is C17H29ClN2. The minimum Gasteiger partial charge on any atom is -0.371 e. The van der Waals surface area contributed by atoms with Crippen LogP contribution in [0.4, 0.5) is 5.69 Å². The van der Waals surface area contributed by atoms with E-state index in [2.05, 4.69) is 56.1 Å². The van der Waals surface area contributed by atoms with Gasteiger partial charge in [0.2, 0.25) is 0 Å². The van der Waals surface area contributed by atoms with Gasteiger partial charge in [-0.25, -0.2) is 0 Å². The van der Waals surface area contributed by atoms with Gasteiger partial charge in [0.05, 0.1) is 0 Å². The summed E-state index contributed by atoms with van der Waals surface area (Å²) in [6.07, 6.45) is 2.46. The predicted octanol–water partition coefficient (Wildman–Crippen LogP) is 4.88. The van der Waals surface area contributed by atoms with Gasteiger partial charge in [0.15, 0.2) is 0 Å². The molecule has 0 aliphatic rings. The van der Waals surface area contributed by atoms with E-state index < -0.39 is 0 Å². The van der Waals surface area contributed by atoms with Gasteiger partial charge in [-0.15, -0.1) is 0 Å². The van der Waals surface area contributed by atoms with E-state index in [4.69, 9.17) is 11.6 Å². The van der Waals surface area contributed by atoms with Crippen LogP contribution in [0.1, 0.15) is 52.1 Å². The summed E-state index contributed by atoms with van der Waals surface area (Å²) in [5.41, 5.74) is 2.40. The van der Waals surface area contributed by atoms with Crippen molar-refractivity contribution >= 4 is 17.3 Å². The monoisotopic (exact) mass is 296 g/mol. The standard InChI is InChI=1S/C17H29ClN2/c1-6-14(7-2)12-20(8-3)15-9-10-16(13(4)19-5)17(18)11-15/h9-11,13-14,19H,6-8,12H2,1-5H3. The third-order valence-electron chi connectivity index (χ3n) is 4.26. The highest BCUT2D eigenvalue weighted by atomic mass is 35.5. The summed E-state index contributed by atoms with van der Waals surface area (Å²) < 4.78 is 0. The van der Waals surface area contributed by atoms with E-state index in [1.54, 1.807) is 0 Å². The third kappa shape index (κ3) is 4.39. The highest BCUT2D eigenvalue weighted by Crippen LogP contribution is 2.28. The van der Waals surface area contributed by atoms with Crippen LogP contribution in [0, 0.1) is 5.92 Å². The van der Waals surface area contributed by atoms with Crippen LogP contribution >= 0.6 is 11.6 Å². The Labute approximate surface area is 129 Å². The first-order valence-electron chi connectivity index (χ1n) is 7.78. The van der Waals surface area contributed by atoms with E-state index >= 15 is 0 Å². The largest absolute Gasteiger partial charge is 0.371 e. The topological polar surface area (TPSA) is 15.3 Å². The molecule has 0 aromatic heterocycles. The summed E-state index contributed by atoms with van der Waals surface area (Å²) in [5.74, 6) is 0.754. The Balaban J connectivity index is 2.91. The second-order valence-corrected chi connectivity index (χ2v) is 5.84. The number of rotatable bonds is 8. The van der Waals surface area contributed by atoms with Crippen LogP contribution in [0.2, 0.25) is 5.02 Å². The van der Waals surface area contributed by atoms with Crippen LogP contribution in [-0.2, 0) is 0 Å². The molecule has 0 spiro atoms. The highest BCUT2D eigenvalue weighted by molar-refractivity contribution is 6.31. The molecule has 0 aliphatic carbocycles. The molecule has 0 heterocycles. The maximum absolute atomic E-state index is 6.44. The molecule has 20 heavy (non-hydrogen) atoms. The van der Waals surface area contributed by atoms with Gasteiger partial charge in [-0.05, 0) is 44.5 Å². The Hall–Kier alpha value is -0.730. The van der Waals surface area contributed by atoms with E-state index in [0.717, 1.165) is 29.6 Å². The minimum absolute atomic E-state index is 0.283. The molecule has 0 fully saturated rings. The van der Waals surface area contributed by atoms with Crippen molar-refractivity contribution in [3.05, 3.63) is 28.8 Å². The summed E-state index contributed by atoms with van der Waals surface area (Å²) in [6.45, 7) is 11.0. The lowest BCUT2D eigenvalue weighted by molar-refractivity contribution is 0.486. The summed E-state index contributed by atoms with van der Waals surface area (Å²) in [7, 11) is 1.96. The molecule has 0 amide bonds. The first kappa shape index (κ1) is 17.3. The predicted molar refractivity (Wildman–Crippen MR) is 90.9 cm³/mol. The molecule has 0 aliphatic heterocycles. The van der Waals surface area contributed by atoms with Crippen molar-refractivity contribution in [3.63, 3.8) is 0 Å². The lowest BCUT2D eigenvalue weighted by atomic mass is 10.0. The first-order chi connectivity index (χ1) is 9.57. The van der Waals surface area contributed by atoms with Gasteiger partial charge < -0.3 is 10.2 Å². The van der Waals surface area contributed by atoms with Crippen molar-refractivity contribution in [2.75, 3.05) is 25.0 Å². The van der Waals surface area contributed by atoms with Crippen LogP contribution in [-0.4, -0.2) is 20.1 Å². The SMILES string of the molecule is CCC(CC)CN(CC)c1ccc(C(C)NC)c(Cl)c1. The normalized spacial score (nSPS) is 12.8. The van der Waals surface area contributed by atoms with Gasteiger partial charge in [-0.2, -0.15) is 0 Å². The Morgan fingerprint density at radius 3 is 2.30 bits per heavy atom. The van der Waals surface area contributed by atoms with Gasteiger partial charge in [-0.3, -0.25) is 0 Å². The second-order valence-electron chi connectivity index (χ2n) is 5.44. The molecule has 0 radical (unpaired) electrons. The zero-order valence-electron chi connectivity index (χ0n) is 13.5. The highest BCUT2D eigenvalue weighted by Gasteiger charge is 2.13. The third-order valence-corrected chi connectivity index (χ3v) is 4.59. The van der Waals surface area contributed by atoms with E-state index in [1.807, 2.05) is 7.05 Å². The number of anilines is 1. The van der Waals surface area contributed by atoms with Gasteiger partial charge in [0.1, 0.15) is 0 Å². The van der Waals surface area contributed by atoms with Gasteiger partial charge in [-0.1, -0.05) is 44.4 Å². The molecule has 114 valence electrons. The number of hydrogen-bond donors (Lipinski definition) is 1. The van der Waals surface area contributed by atoms with Crippen molar-refractivity contribution in [2.24, 2.45) is 5.92 Å². The maximum Gasteiger partial charge on any atom is 0.0474 e. The van der Waals surface area contributed by atoms with Crippen molar-refractivity contribution in [3.8, 4) is 0 Å². The molecule has 3 heteroatoms. The van der Waals surface area contributed by atoms with Crippen LogP contribution < -0.4 is 10.2 Å². The minimum atomic E-state index is 0.283. The van der Waals surface area contributed by atoms with E-state index in [1.165, 1.54) is 18.5 Å². The lowest BCUT2D eigenvalue weighted by Gasteiger charge is -2.28. The zero-order valence-corrected chi connectivity index (χ0v) is 14.3. The van der Waals surface area contributed by atoms with Gasteiger partial charge in [0, 0.05) is 29.8 Å². The molecule has 1 aromatic carbocycles. The van der Waals surface area contributed by atoms with E-state index in [9.17, 15) is 0 Å². The fraction of sp³-hybridized carbons (Fsp3) is 0.647. The van der Waals surface area contributed by atoms with Gasteiger partial charge in [0.25, 0.3) is 0 Å². The Morgan fingerprint density at radius 1 is 1.20 bits per heavy atom. The zero-order chi connectivity index (χ0) is 15.1. The van der Waals surface area contributed by atoms with Crippen LogP contribution in [0.3, 0.4) is 0 Å². The number of nitrogens with one attached hydrogen (secondary N) is 1. The number of nitrogens with zero attached hydrogens (tertiary/aromatic N) is 1. The van der Waals surface area contributed by atoms with E-state index in [-0.39, 0.29) is 6.04 Å². The Kier molecular flexibility index (Phi) is 7.39. The second kappa shape index (κ2) is 8.53. The number of halogens is 1. The molecular weight excluding hydrogens is 268 g/mol. The van der Waals surface area contributed by atoms with Crippen LogP contribution in [0.15, 0.2) is 18.2 Å². The van der Waals surface area contributed by atoms with Crippen molar-refractivity contribution < 1.29 is 0 Å². The van der Waals surface area contributed by atoms with Crippen molar-refractivity contribution in [1.82, 2.24) is 5.32 Å². The van der Waals surface area contributed by atoms with Gasteiger partial charge >= 0.3 is 0 Å².